The van der Waals surface area contributed by atoms with E-state index in [-0.39, 0.29) is 45.4 Å². The smallest absolute Gasteiger partial charge is 0.328 e. The van der Waals surface area contributed by atoms with Crippen LogP contribution >= 0.6 is 31.1 Å². The summed E-state index contributed by atoms with van der Waals surface area (Å²) in [4.78, 5) is 105. The van der Waals surface area contributed by atoms with Gasteiger partial charge < -0.3 is 85.2 Å². The lowest BCUT2D eigenvalue weighted by molar-refractivity contribution is -0.252. The zero-order valence-corrected chi connectivity index (χ0v) is 40.4. The van der Waals surface area contributed by atoms with E-state index in [1.54, 1.807) is 0 Å². The Balaban J connectivity index is 0.858. The number of imidazole rings is 3. The highest BCUT2D eigenvalue weighted by molar-refractivity contribution is 7.65. The highest BCUT2D eigenvalue weighted by Gasteiger charge is 2.51. The summed E-state index contributed by atoms with van der Waals surface area (Å²) in [5, 5.41) is 54.4. The number of aromatic nitrogens is 12. The molecular weight excluding hydrogens is 1090 g/mol. The van der Waals surface area contributed by atoms with Gasteiger partial charge in [0, 0.05) is 6.66 Å². The molecule has 9 rings (SSSR count). The molecule has 0 bridgehead atoms. The first-order valence-corrected chi connectivity index (χ1v) is 27.1. The number of phosphoric ester groups is 2. The van der Waals surface area contributed by atoms with E-state index in [1.165, 1.54) is 0 Å². The van der Waals surface area contributed by atoms with Crippen molar-refractivity contribution in [3.63, 3.8) is 0 Å². The first-order valence-electron chi connectivity index (χ1n) is 20.7. The van der Waals surface area contributed by atoms with Crippen LogP contribution in [0.1, 0.15) is 18.7 Å². The number of rotatable bonds is 18. The number of ether oxygens (including phenoxy) is 3. The van der Waals surface area contributed by atoms with E-state index < -0.39 is 147 Å². The van der Waals surface area contributed by atoms with Crippen molar-refractivity contribution in [1.29, 1.82) is 0 Å². The average molecular weight is 1130 g/mol. The number of nitrogens with two attached hydrogens (primary N) is 3. The average Bonchev–Trinajstić information content (AvgIpc) is 4.15. The number of aliphatic hydroxyl groups is 5. The highest BCUT2D eigenvalue weighted by Crippen LogP contribution is 2.63. The van der Waals surface area contributed by atoms with Crippen molar-refractivity contribution < 1.29 is 99.4 Å². The van der Waals surface area contributed by atoms with Crippen molar-refractivity contribution in [3.05, 3.63) is 50.0 Å². The van der Waals surface area contributed by atoms with E-state index in [0.717, 1.165) is 39.3 Å². The standard InChI is InChI=1S/C31H41N15O24P4/c1-71(55,62-2-8-14(47)16(49)26(65-8)44-5-35-11-20(44)38-29(32)41-23(11)52)68-19-10(67-28(18(19)51)46-7-37-13-22(46)40-31(34)43-25(13)54)4-64-73(58,59)70-74(60,61)69-72(56,57)63-3-9-15(48)17(50)27(66-9)45-6-36-12-21(45)39-30(33)42-24(12)53/h5-10,14-19,26-28,47-51H,2-4H2,1H3,(H,56,57)(H,58,59)(H,60,61)(H3,32,38,41,52)(H3,33,39,42,53)(H3,34,40,43,54)/p-3/t8-,9-,10-,14-,15-,16-,17-,18-,19-,26-,27-,28-,71?/m1/s1. The summed E-state index contributed by atoms with van der Waals surface area (Å²) < 4.78 is 100. The Hall–Kier alpha value is -5.31. The van der Waals surface area contributed by atoms with Crippen molar-refractivity contribution >= 4 is 82.4 Å². The minimum Gasteiger partial charge on any atom is -0.756 e. The number of phosphoric acid groups is 3. The number of anilines is 3. The van der Waals surface area contributed by atoms with Crippen molar-refractivity contribution in [2.75, 3.05) is 43.7 Å². The second-order valence-corrected chi connectivity index (χ2v) is 22.7. The molecule has 6 aromatic rings. The number of aliphatic hydroxyl groups excluding tert-OH is 5. The van der Waals surface area contributed by atoms with Crippen molar-refractivity contribution in [3.8, 4) is 0 Å². The quantitative estimate of drug-likeness (QED) is 0.0356. The Labute approximate surface area is 407 Å². The molecule has 3 aliphatic rings. The summed E-state index contributed by atoms with van der Waals surface area (Å²) >= 11 is 0. The molecule has 0 amide bonds. The predicted octanol–water partition coefficient (Wildman–Crippen LogP) is -6.67. The molecule has 16 atom stereocenters. The molecular formula is C31H38N15O24P4-3. The van der Waals surface area contributed by atoms with Crippen LogP contribution in [0.25, 0.3) is 33.5 Å². The Bertz CT molecular complexity index is 3510. The zero-order valence-electron chi connectivity index (χ0n) is 36.8. The fourth-order valence-corrected chi connectivity index (χ4v) is 12.5. The highest BCUT2D eigenvalue weighted by atomic mass is 31.3. The molecule has 43 heteroatoms. The molecule has 0 spiro atoms. The van der Waals surface area contributed by atoms with Crippen molar-refractivity contribution in [1.82, 2.24) is 58.6 Å². The summed E-state index contributed by atoms with van der Waals surface area (Å²) in [5.74, 6) is -1.11. The summed E-state index contributed by atoms with van der Waals surface area (Å²) in [7, 11) is -23.7. The van der Waals surface area contributed by atoms with Gasteiger partial charge in [0.1, 0.15) is 54.9 Å². The molecule has 74 heavy (non-hydrogen) atoms. The van der Waals surface area contributed by atoms with Crippen LogP contribution in [0, 0.1) is 0 Å². The van der Waals surface area contributed by atoms with Crippen LogP contribution in [0.3, 0.4) is 0 Å². The van der Waals surface area contributed by atoms with Crippen LogP contribution in [0.5, 0.6) is 0 Å². The molecule has 3 aliphatic heterocycles. The molecule has 9 heterocycles. The molecule has 3 saturated heterocycles. The summed E-state index contributed by atoms with van der Waals surface area (Å²) in [6.45, 7) is -2.68. The van der Waals surface area contributed by atoms with E-state index >= 15 is 0 Å². The number of hydrogen-bond donors (Lipinski definition) is 11. The normalized spacial score (nSPS) is 30.7. The lowest BCUT2D eigenvalue weighted by atomic mass is 10.1. The molecule has 0 saturated carbocycles. The first-order chi connectivity index (χ1) is 34.6. The third kappa shape index (κ3) is 10.6. The first kappa shape index (κ1) is 53.5. The third-order valence-corrected chi connectivity index (χ3v) is 16.5. The molecule has 3 fully saturated rings. The monoisotopic (exact) mass is 1130 g/mol. The van der Waals surface area contributed by atoms with Gasteiger partial charge in [-0.2, -0.15) is 15.0 Å². The van der Waals surface area contributed by atoms with Crippen LogP contribution < -0.4 is 48.6 Å². The third-order valence-electron chi connectivity index (χ3n) is 11.1. The molecule has 6 aromatic heterocycles. The lowest BCUT2D eigenvalue weighted by Gasteiger charge is -2.35. The van der Waals surface area contributed by atoms with Gasteiger partial charge >= 0.3 is 7.60 Å². The number of fused-ring (bicyclic) bond motifs is 3. The number of nitrogens with zero attached hydrogens (tertiary/aromatic N) is 9. The molecule has 404 valence electrons. The van der Waals surface area contributed by atoms with Gasteiger partial charge in [0.2, 0.25) is 17.8 Å². The maximum absolute atomic E-state index is 13.9. The minimum atomic E-state index is -6.59. The van der Waals surface area contributed by atoms with Crippen LogP contribution in [-0.2, 0) is 59.2 Å². The van der Waals surface area contributed by atoms with E-state index in [2.05, 4.69) is 62.5 Å². The minimum absolute atomic E-state index is 0.144. The van der Waals surface area contributed by atoms with E-state index in [0.29, 0.717) is 0 Å². The number of H-pyrrole nitrogens is 3. The van der Waals surface area contributed by atoms with Crippen molar-refractivity contribution in [2.24, 2.45) is 0 Å². The predicted molar refractivity (Wildman–Crippen MR) is 231 cm³/mol. The molecule has 14 N–H and O–H groups in total. The second-order valence-electron chi connectivity index (χ2n) is 16.2. The van der Waals surface area contributed by atoms with E-state index in [1.807, 2.05) is 0 Å². The largest absolute Gasteiger partial charge is 0.756 e. The lowest BCUT2D eigenvalue weighted by Crippen LogP contribution is -2.37. The van der Waals surface area contributed by atoms with E-state index in [4.69, 9.17) is 40.5 Å². The maximum atomic E-state index is 13.9. The zero-order chi connectivity index (χ0) is 53.6. The van der Waals surface area contributed by atoms with Gasteiger partial charge in [-0.3, -0.25) is 65.8 Å². The van der Waals surface area contributed by atoms with Gasteiger partial charge in [-0.1, -0.05) is 0 Å². The second kappa shape index (κ2) is 19.7. The Kier molecular flexibility index (Phi) is 14.2. The molecule has 39 nitrogen and oxygen atoms in total. The van der Waals surface area contributed by atoms with Gasteiger partial charge in [0.15, 0.2) is 52.2 Å². The van der Waals surface area contributed by atoms with Gasteiger partial charge in [0.05, 0.1) is 38.8 Å². The fraction of sp³-hybridized carbons (Fsp3) is 0.516. The molecule has 0 aromatic carbocycles. The van der Waals surface area contributed by atoms with Gasteiger partial charge in [-0.15, -0.1) is 0 Å². The summed E-state index contributed by atoms with van der Waals surface area (Å²) in [6, 6.07) is 0. The Morgan fingerprint density at radius 2 is 0.892 bits per heavy atom. The SMILES string of the molecule is CP(=O)(OC[C@H]1O[C@@H](n2cnc3c(=O)[nH]c(N)nc32)[C@H](O)[C@@H]1O)O[C@H]1[C@@H](O)[C@H](n2cnc3c(=O)[nH]c(N)nc32)O[C@@H]1COP(=O)([O-])OP(=O)([O-])OP(=O)([O-])OC[C@H]1O[C@@H](n2cnc3c(=O)[nH]c(N)nc32)[C@H](O)[C@@H]1O. The Morgan fingerprint density at radius 3 is 1.28 bits per heavy atom. The summed E-state index contributed by atoms with van der Waals surface area (Å²) in [6.07, 6.45) is -18.5. The Morgan fingerprint density at radius 1 is 0.554 bits per heavy atom. The molecule has 4 unspecified atom stereocenters. The topological polar surface area (TPSA) is 590 Å². The van der Waals surface area contributed by atoms with Crippen LogP contribution in [0.4, 0.5) is 17.8 Å². The van der Waals surface area contributed by atoms with Crippen LogP contribution in [0.2, 0.25) is 0 Å². The number of nitrogen functional groups attached to an aromatic ring is 3. The number of aromatic amines is 3. The number of hydrogen-bond acceptors (Lipinski definition) is 33. The van der Waals surface area contributed by atoms with Gasteiger partial charge in [-0.05, 0) is 0 Å². The van der Waals surface area contributed by atoms with Crippen LogP contribution in [0.15, 0.2) is 33.4 Å². The van der Waals surface area contributed by atoms with Gasteiger partial charge in [0.25, 0.3) is 40.1 Å². The number of nitrogens with one attached hydrogen (secondary N) is 3. The van der Waals surface area contributed by atoms with Gasteiger partial charge in [-0.25, -0.2) is 23.6 Å². The van der Waals surface area contributed by atoms with Crippen LogP contribution in [-0.4, -0.2) is 166 Å². The summed E-state index contributed by atoms with van der Waals surface area (Å²) in [5.41, 5.74) is 13.0. The maximum Gasteiger partial charge on any atom is 0.328 e. The van der Waals surface area contributed by atoms with E-state index in [9.17, 15) is 72.9 Å². The molecule has 0 radical (unpaired) electrons. The molecule has 0 aliphatic carbocycles. The fourth-order valence-electron chi connectivity index (χ4n) is 7.89. The van der Waals surface area contributed by atoms with Crippen molar-refractivity contribution in [2.45, 2.75) is 73.6 Å².